The van der Waals surface area contributed by atoms with Crippen LogP contribution in [0.3, 0.4) is 0 Å². The van der Waals surface area contributed by atoms with E-state index in [1.54, 1.807) is 11.8 Å². The topological polar surface area (TPSA) is 81.9 Å². The highest BCUT2D eigenvalue weighted by molar-refractivity contribution is 9.10. The van der Waals surface area contributed by atoms with Gasteiger partial charge in [0.2, 0.25) is 11.1 Å². The van der Waals surface area contributed by atoms with Gasteiger partial charge in [0.1, 0.15) is 11.4 Å². The molecule has 0 saturated heterocycles. The summed E-state index contributed by atoms with van der Waals surface area (Å²) in [4.78, 5) is 12.1. The molecule has 25 heavy (non-hydrogen) atoms. The molecular weight excluding hydrogens is 406 g/mol. The summed E-state index contributed by atoms with van der Waals surface area (Å²) in [5.41, 5.74) is 1.45. The molecule has 7 nitrogen and oxygen atoms in total. The van der Waals surface area contributed by atoms with Gasteiger partial charge in [-0.2, -0.15) is 4.68 Å². The number of methoxy groups -OCH3 is 1. The maximum Gasteiger partial charge on any atom is 0.234 e. The molecule has 1 heterocycles. The molecule has 1 N–H and O–H groups in total. The van der Waals surface area contributed by atoms with Gasteiger partial charge in [0, 0.05) is 10.2 Å². The standard InChI is InChI=1S/C16H14BrN5O2S/c1-24-14-5-3-2-4-13(14)22-16(19-20-21-22)25-10-15(23)18-12-8-6-11(17)7-9-12/h2-9H,10H2,1H3,(H,18,23). The smallest absolute Gasteiger partial charge is 0.234 e. The van der Waals surface area contributed by atoms with Gasteiger partial charge in [-0.15, -0.1) is 5.10 Å². The molecule has 0 fully saturated rings. The first-order chi connectivity index (χ1) is 12.2. The Kier molecular flexibility index (Phi) is 5.67. The summed E-state index contributed by atoms with van der Waals surface area (Å²) in [6.07, 6.45) is 0. The third kappa shape index (κ3) is 4.37. The normalized spacial score (nSPS) is 10.5. The minimum absolute atomic E-state index is 0.137. The van der Waals surface area contributed by atoms with Gasteiger partial charge in [0.05, 0.1) is 12.9 Å². The van der Waals surface area contributed by atoms with Crippen LogP contribution in [-0.4, -0.2) is 39.0 Å². The average Bonchev–Trinajstić information content (AvgIpc) is 3.10. The average molecular weight is 420 g/mol. The Bertz CT molecular complexity index is 869. The van der Waals surface area contributed by atoms with E-state index in [4.69, 9.17) is 4.74 Å². The van der Waals surface area contributed by atoms with Crippen LogP contribution < -0.4 is 10.1 Å². The number of aromatic nitrogens is 4. The van der Waals surface area contributed by atoms with E-state index in [9.17, 15) is 4.79 Å². The molecule has 0 aliphatic rings. The van der Waals surface area contributed by atoms with E-state index in [-0.39, 0.29) is 11.7 Å². The summed E-state index contributed by atoms with van der Waals surface area (Å²) in [5, 5.41) is 15.0. The van der Waals surface area contributed by atoms with Gasteiger partial charge in [-0.3, -0.25) is 4.79 Å². The summed E-state index contributed by atoms with van der Waals surface area (Å²) < 4.78 is 7.84. The van der Waals surface area contributed by atoms with Gasteiger partial charge in [-0.25, -0.2) is 0 Å². The molecule has 0 unspecified atom stereocenters. The van der Waals surface area contributed by atoms with Crippen LogP contribution in [0.25, 0.3) is 5.69 Å². The van der Waals surface area contributed by atoms with Crippen molar-refractivity contribution in [1.29, 1.82) is 0 Å². The molecule has 1 aromatic heterocycles. The molecule has 2 aromatic carbocycles. The lowest BCUT2D eigenvalue weighted by atomic mass is 10.3. The third-order valence-corrected chi connectivity index (χ3v) is 4.66. The highest BCUT2D eigenvalue weighted by Gasteiger charge is 2.14. The summed E-state index contributed by atoms with van der Waals surface area (Å²) >= 11 is 4.61. The van der Waals surface area contributed by atoms with Gasteiger partial charge in [-0.05, 0) is 46.8 Å². The van der Waals surface area contributed by atoms with Crippen molar-refractivity contribution < 1.29 is 9.53 Å². The van der Waals surface area contributed by atoms with Crippen LogP contribution in [-0.2, 0) is 4.79 Å². The van der Waals surface area contributed by atoms with Crippen molar-refractivity contribution in [3.05, 3.63) is 53.0 Å². The first-order valence-electron chi connectivity index (χ1n) is 7.27. The van der Waals surface area contributed by atoms with E-state index in [1.165, 1.54) is 11.8 Å². The Morgan fingerprint density at radius 1 is 1.24 bits per heavy atom. The van der Waals surface area contributed by atoms with Crippen molar-refractivity contribution >= 4 is 39.3 Å². The van der Waals surface area contributed by atoms with Gasteiger partial charge in [-0.1, -0.05) is 39.8 Å². The number of thioether (sulfide) groups is 1. The molecule has 0 spiro atoms. The van der Waals surface area contributed by atoms with Crippen LogP contribution in [0.5, 0.6) is 5.75 Å². The quantitative estimate of drug-likeness (QED) is 0.617. The first kappa shape index (κ1) is 17.4. The van der Waals surface area contributed by atoms with Crippen molar-refractivity contribution in [3.8, 4) is 11.4 Å². The molecule has 0 bridgehead atoms. The number of amides is 1. The number of nitrogens with one attached hydrogen (secondary N) is 1. The molecule has 0 aliphatic carbocycles. The zero-order valence-corrected chi connectivity index (χ0v) is 15.6. The number of tetrazole rings is 1. The second-order valence-electron chi connectivity index (χ2n) is 4.89. The summed E-state index contributed by atoms with van der Waals surface area (Å²) in [6, 6.07) is 14.8. The monoisotopic (exact) mass is 419 g/mol. The number of carbonyl (C=O) groups is 1. The Morgan fingerprint density at radius 3 is 2.76 bits per heavy atom. The molecule has 128 valence electrons. The number of halogens is 1. The predicted octanol–water partition coefficient (Wildman–Crippen LogP) is 3.16. The van der Waals surface area contributed by atoms with Crippen molar-refractivity contribution in [1.82, 2.24) is 20.2 Å². The molecule has 0 aliphatic heterocycles. The van der Waals surface area contributed by atoms with Crippen LogP contribution in [0.2, 0.25) is 0 Å². The van der Waals surface area contributed by atoms with E-state index in [0.29, 0.717) is 16.6 Å². The fraction of sp³-hybridized carbons (Fsp3) is 0.125. The number of nitrogens with zero attached hydrogens (tertiary/aromatic N) is 4. The molecule has 3 aromatic rings. The zero-order valence-electron chi connectivity index (χ0n) is 13.2. The van der Waals surface area contributed by atoms with Crippen molar-refractivity contribution in [2.45, 2.75) is 5.16 Å². The lowest BCUT2D eigenvalue weighted by Gasteiger charge is -2.09. The Hall–Kier alpha value is -2.39. The second kappa shape index (κ2) is 8.13. The third-order valence-electron chi connectivity index (χ3n) is 3.21. The van der Waals surface area contributed by atoms with Crippen LogP contribution in [0.4, 0.5) is 5.69 Å². The van der Waals surface area contributed by atoms with Crippen molar-refractivity contribution in [2.24, 2.45) is 0 Å². The minimum atomic E-state index is -0.137. The van der Waals surface area contributed by atoms with Crippen molar-refractivity contribution in [3.63, 3.8) is 0 Å². The summed E-state index contributed by atoms with van der Waals surface area (Å²) in [5.74, 6) is 0.698. The van der Waals surface area contributed by atoms with Crippen molar-refractivity contribution in [2.75, 3.05) is 18.2 Å². The SMILES string of the molecule is COc1ccccc1-n1nnnc1SCC(=O)Nc1ccc(Br)cc1. The fourth-order valence-corrected chi connectivity index (χ4v) is 3.03. The maximum atomic E-state index is 12.1. The van der Waals surface area contributed by atoms with E-state index in [0.717, 1.165) is 10.2 Å². The van der Waals surface area contributed by atoms with E-state index in [1.807, 2.05) is 48.5 Å². The number of ether oxygens (including phenoxy) is 1. The predicted molar refractivity (Wildman–Crippen MR) is 99.2 cm³/mol. The molecular formula is C16H14BrN5O2S. The first-order valence-corrected chi connectivity index (χ1v) is 9.05. The molecule has 0 atom stereocenters. The number of hydrogen-bond donors (Lipinski definition) is 1. The Labute approximate surface area is 156 Å². The lowest BCUT2D eigenvalue weighted by Crippen LogP contribution is -2.14. The van der Waals surface area contributed by atoms with Crippen LogP contribution in [0.15, 0.2) is 58.2 Å². The highest BCUT2D eigenvalue weighted by atomic mass is 79.9. The lowest BCUT2D eigenvalue weighted by molar-refractivity contribution is -0.113. The van der Waals surface area contributed by atoms with E-state index >= 15 is 0 Å². The van der Waals surface area contributed by atoms with Gasteiger partial charge in [0.25, 0.3) is 0 Å². The number of anilines is 1. The fourth-order valence-electron chi connectivity index (χ4n) is 2.09. The zero-order chi connectivity index (χ0) is 17.6. The largest absolute Gasteiger partial charge is 0.494 e. The highest BCUT2D eigenvalue weighted by Crippen LogP contribution is 2.25. The second-order valence-corrected chi connectivity index (χ2v) is 6.75. The number of carbonyl (C=O) groups excluding carboxylic acids is 1. The molecule has 3 rings (SSSR count). The molecule has 0 radical (unpaired) electrons. The minimum Gasteiger partial charge on any atom is -0.494 e. The number of para-hydroxylation sites is 2. The summed E-state index contributed by atoms with van der Waals surface area (Å²) in [6.45, 7) is 0. The van der Waals surface area contributed by atoms with E-state index in [2.05, 4.69) is 36.8 Å². The van der Waals surface area contributed by atoms with Gasteiger partial charge in [0.15, 0.2) is 0 Å². The van der Waals surface area contributed by atoms with Gasteiger partial charge >= 0.3 is 0 Å². The molecule has 9 heteroatoms. The number of benzene rings is 2. The van der Waals surface area contributed by atoms with Crippen LogP contribution in [0.1, 0.15) is 0 Å². The molecule has 1 amide bonds. The number of hydrogen-bond acceptors (Lipinski definition) is 6. The Morgan fingerprint density at radius 2 is 2.00 bits per heavy atom. The number of rotatable bonds is 6. The molecule has 0 saturated carbocycles. The van der Waals surface area contributed by atoms with Crippen LogP contribution in [0, 0.1) is 0 Å². The van der Waals surface area contributed by atoms with Gasteiger partial charge < -0.3 is 10.1 Å². The maximum absolute atomic E-state index is 12.1. The van der Waals surface area contributed by atoms with E-state index < -0.39 is 0 Å². The summed E-state index contributed by atoms with van der Waals surface area (Å²) in [7, 11) is 1.58. The Balaban J connectivity index is 1.67. The van der Waals surface area contributed by atoms with Crippen LogP contribution >= 0.6 is 27.7 Å².